The van der Waals surface area contributed by atoms with Gasteiger partial charge in [0.2, 0.25) is 0 Å². The lowest BCUT2D eigenvalue weighted by molar-refractivity contribution is 0.0951. The average molecular weight is 246 g/mol. The third kappa shape index (κ3) is 2.71. The van der Waals surface area contributed by atoms with E-state index < -0.39 is 0 Å². The van der Waals surface area contributed by atoms with E-state index in [1.807, 2.05) is 0 Å². The standard InChI is InChI=1S/C13H14N2OS/c1-9-10(2)17-8-12(9)7-15-13(16)11-3-5-14-6-4-11/h3-6,8H,7H2,1-2H3,(H,15,16). The molecule has 1 N–H and O–H groups in total. The fourth-order valence-electron chi connectivity index (χ4n) is 1.52. The molecule has 3 nitrogen and oxygen atoms in total. The summed E-state index contributed by atoms with van der Waals surface area (Å²) in [4.78, 5) is 17.0. The summed E-state index contributed by atoms with van der Waals surface area (Å²) < 4.78 is 0. The van der Waals surface area contributed by atoms with Crippen LogP contribution in [-0.4, -0.2) is 10.9 Å². The van der Waals surface area contributed by atoms with Crippen LogP contribution in [0.15, 0.2) is 29.9 Å². The molecule has 0 spiro atoms. The molecule has 4 heteroatoms. The van der Waals surface area contributed by atoms with Crippen LogP contribution in [0.2, 0.25) is 0 Å². The number of hydrogen-bond donors (Lipinski definition) is 1. The van der Waals surface area contributed by atoms with E-state index in [0.29, 0.717) is 12.1 Å². The van der Waals surface area contributed by atoms with Crippen molar-refractivity contribution in [2.24, 2.45) is 0 Å². The van der Waals surface area contributed by atoms with Gasteiger partial charge in [0.15, 0.2) is 0 Å². The molecule has 0 atom stereocenters. The van der Waals surface area contributed by atoms with E-state index in [4.69, 9.17) is 0 Å². The smallest absolute Gasteiger partial charge is 0.251 e. The van der Waals surface area contributed by atoms with Crippen LogP contribution in [-0.2, 0) is 6.54 Å². The number of carbonyl (C=O) groups is 1. The fourth-order valence-corrected chi connectivity index (χ4v) is 2.40. The first-order valence-electron chi connectivity index (χ1n) is 5.40. The Kier molecular flexibility index (Phi) is 3.54. The van der Waals surface area contributed by atoms with E-state index in [0.717, 1.165) is 0 Å². The Labute approximate surface area is 105 Å². The number of amides is 1. The van der Waals surface area contributed by atoms with Gasteiger partial charge < -0.3 is 5.32 Å². The van der Waals surface area contributed by atoms with Gasteiger partial charge in [-0.15, -0.1) is 11.3 Å². The van der Waals surface area contributed by atoms with Gasteiger partial charge in [-0.2, -0.15) is 0 Å². The third-order valence-electron chi connectivity index (χ3n) is 2.77. The van der Waals surface area contributed by atoms with Crippen molar-refractivity contribution >= 4 is 17.2 Å². The molecular formula is C13H14N2OS. The molecule has 88 valence electrons. The summed E-state index contributed by atoms with van der Waals surface area (Å²) in [5, 5.41) is 5.00. The van der Waals surface area contributed by atoms with Crippen molar-refractivity contribution in [1.82, 2.24) is 10.3 Å². The molecule has 2 heterocycles. The average Bonchev–Trinajstić information content (AvgIpc) is 2.68. The first kappa shape index (κ1) is 11.8. The molecule has 0 radical (unpaired) electrons. The molecule has 0 saturated carbocycles. The van der Waals surface area contributed by atoms with Gasteiger partial charge in [-0.3, -0.25) is 9.78 Å². The Bertz CT molecular complexity index is 519. The van der Waals surface area contributed by atoms with Gasteiger partial charge in [-0.1, -0.05) is 0 Å². The number of rotatable bonds is 3. The summed E-state index contributed by atoms with van der Waals surface area (Å²) in [6, 6.07) is 3.42. The van der Waals surface area contributed by atoms with Crippen LogP contribution in [0.3, 0.4) is 0 Å². The number of aryl methyl sites for hydroxylation is 1. The van der Waals surface area contributed by atoms with Crippen molar-refractivity contribution in [3.05, 3.63) is 51.5 Å². The highest BCUT2D eigenvalue weighted by Gasteiger charge is 2.07. The molecular weight excluding hydrogens is 232 g/mol. The van der Waals surface area contributed by atoms with Crippen molar-refractivity contribution < 1.29 is 4.79 Å². The van der Waals surface area contributed by atoms with Crippen LogP contribution in [0, 0.1) is 13.8 Å². The van der Waals surface area contributed by atoms with E-state index in [9.17, 15) is 4.79 Å². The maximum absolute atomic E-state index is 11.8. The molecule has 2 aromatic rings. The molecule has 0 unspecified atom stereocenters. The number of hydrogen-bond acceptors (Lipinski definition) is 3. The normalized spacial score (nSPS) is 10.2. The van der Waals surface area contributed by atoms with Crippen molar-refractivity contribution in [2.45, 2.75) is 20.4 Å². The summed E-state index contributed by atoms with van der Waals surface area (Å²) in [7, 11) is 0. The zero-order valence-electron chi connectivity index (χ0n) is 9.86. The fraction of sp³-hybridized carbons (Fsp3) is 0.231. The van der Waals surface area contributed by atoms with Crippen LogP contribution < -0.4 is 5.32 Å². The van der Waals surface area contributed by atoms with E-state index in [2.05, 4.69) is 29.5 Å². The van der Waals surface area contributed by atoms with E-state index in [-0.39, 0.29) is 5.91 Å². The molecule has 0 saturated heterocycles. The maximum Gasteiger partial charge on any atom is 0.251 e. The van der Waals surface area contributed by atoms with Crippen molar-refractivity contribution in [3.63, 3.8) is 0 Å². The van der Waals surface area contributed by atoms with Crippen molar-refractivity contribution in [1.29, 1.82) is 0 Å². The molecule has 17 heavy (non-hydrogen) atoms. The van der Waals surface area contributed by atoms with Gasteiger partial charge in [0.05, 0.1) is 0 Å². The molecule has 0 aliphatic heterocycles. The van der Waals surface area contributed by atoms with Gasteiger partial charge in [0.25, 0.3) is 5.91 Å². The van der Waals surface area contributed by atoms with Gasteiger partial charge >= 0.3 is 0 Å². The zero-order valence-corrected chi connectivity index (χ0v) is 10.7. The lowest BCUT2D eigenvalue weighted by Gasteiger charge is -2.04. The second kappa shape index (κ2) is 5.10. The highest BCUT2D eigenvalue weighted by Crippen LogP contribution is 2.20. The predicted molar refractivity (Wildman–Crippen MR) is 69.2 cm³/mol. The van der Waals surface area contributed by atoms with Gasteiger partial charge in [-0.05, 0) is 42.5 Å². The molecule has 0 aromatic carbocycles. The first-order chi connectivity index (χ1) is 8.18. The molecule has 0 fully saturated rings. The first-order valence-corrected chi connectivity index (χ1v) is 6.28. The number of thiophene rings is 1. The number of nitrogens with zero attached hydrogens (tertiary/aromatic N) is 1. The van der Waals surface area contributed by atoms with Crippen molar-refractivity contribution in [3.8, 4) is 0 Å². The van der Waals surface area contributed by atoms with E-state index >= 15 is 0 Å². The summed E-state index contributed by atoms with van der Waals surface area (Å²) in [6.45, 7) is 4.76. The number of pyridine rings is 1. The second-order valence-electron chi connectivity index (χ2n) is 3.86. The molecule has 1 amide bonds. The quantitative estimate of drug-likeness (QED) is 0.904. The van der Waals surface area contributed by atoms with Crippen LogP contribution >= 0.6 is 11.3 Å². The summed E-state index contributed by atoms with van der Waals surface area (Å²) in [5.74, 6) is -0.0596. The minimum atomic E-state index is -0.0596. The largest absolute Gasteiger partial charge is 0.348 e. The van der Waals surface area contributed by atoms with Gasteiger partial charge in [0, 0.05) is 29.4 Å². The number of aromatic nitrogens is 1. The van der Waals surface area contributed by atoms with Crippen LogP contribution in [0.4, 0.5) is 0 Å². The van der Waals surface area contributed by atoms with Crippen LogP contribution in [0.5, 0.6) is 0 Å². The Morgan fingerprint density at radius 1 is 1.35 bits per heavy atom. The Balaban J connectivity index is 2.00. The topological polar surface area (TPSA) is 42.0 Å². The Morgan fingerprint density at radius 2 is 2.06 bits per heavy atom. The van der Waals surface area contributed by atoms with Crippen LogP contribution in [0.1, 0.15) is 26.4 Å². The molecule has 0 aliphatic carbocycles. The second-order valence-corrected chi connectivity index (χ2v) is 4.94. The molecule has 2 rings (SSSR count). The molecule has 0 bridgehead atoms. The summed E-state index contributed by atoms with van der Waals surface area (Å²) >= 11 is 1.72. The summed E-state index contributed by atoms with van der Waals surface area (Å²) in [6.07, 6.45) is 3.24. The Hall–Kier alpha value is -1.68. The molecule has 2 aromatic heterocycles. The lowest BCUT2D eigenvalue weighted by atomic mass is 10.2. The van der Waals surface area contributed by atoms with Gasteiger partial charge in [0.1, 0.15) is 0 Å². The Morgan fingerprint density at radius 3 is 2.65 bits per heavy atom. The third-order valence-corrected chi connectivity index (χ3v) is 3.83. The van der Waals surface area contributed by atoms with E-state index in [1.54, 1.807) is 35.9 Å². The monoisotopic (exact) mass is 246 g/mol. The minimum absolute atomic E-state index is 0.0596. The minimum Gasteiger partial charge on any atom is -0.348 e. The molecule has 0 aliphatic rings. The maximum atomic E-state index is 11.8. The number of nitrogens with one attached hydrogen (secondary N) is 1. The van der Waals surface area contributed by atoms with E-state index in [1.165, 1.54) is 16.0 Å². The highest BCUT2D eigenvalue weighted by atomic mass is 32.1. The summed E-state index contributed by atoms with van der Waals surface area (Å²) in [5.41, 5.74) is 3.10. The van der Waals surface area contributed by atoms with Crippen LogP contribution in [0.25, 0.3) is 0 Å². The zero-order chi connectivity index (χ0) is 12.3. The van der Waals surface area contributed by atoms with Gasteiger partial charge in [-0.25, -0.2) is 0 Å². The SMILES string of the molecule is Cc1scc(CNC(=O)c2ccncc2)c1C. The lowest BCUT2D eigenvalue weighted by Crippen LogP contribution is -2.22. The predicted octanol–water partition coefficient (Wildman–Crippen LogP) is 2.69. The highest BCUT2D eigenvalue weighted by molar-refractivity contribution is 7.10. The van der Waals surface area contributed by atoms with Crippen molar-refractivity contribution in [2.75, 3.05) is 0 Å². The number of carbonyl (C=O) groups excluding carboxylic acids is 1.